The van der Waals surface area contributed by atoms with Crippen molar-refractivity contribution >= 4 is 28.1 Å². The quantitative estimate of drug-likeness (QED) is 0.805. The summed E-state index contributed by atoms with van der Waals surface area (Å²) in [4.78, 5) is 19.0. The fourth-order valence-corrected chi connectivity index (χ4v) is 2.67. The van der Waals surface area contributed by atoms with Crippen LogP contribution in [0.3, 0.4) is 0 Å². The van der Waals surface area contributed by atoms with Gasteiger partial charge in [0, 0.05) is 17.6 Å². The molecule has 0 unspecified atom stereocenters. The summed E-state index contributed by atoms with van der Waals surface area (Å²) < 4.78 is 5.01. The van der Waals surface area contributed by atoms with E-state index in [4.69, 9.17) is 4.74 Å². The Labute approximate surface area is 123 Å². The molecule has 0 radical (unpaired) electrons. The summed E-state index contributed by atoms with van der Waals surface area (Å²) in [6, 6.07) is 8.18. The Morgan fingerprint density at radius 2 is 1.95 bits per heavy atom. The van der Waals surface area contributed by atoms with Crippen molar-refractivity contribution in [3.63, 3.8) is 0 Å². The highest BCUT2D eigenvalue weighted by atomic mass is 32.1. The smallest absolute Gasteiger partial charge is 0.358 e. The fraction of sp³-hybridized carbons (Fsp3) is 0.333. The van der Waals surface area contributed by atoms with Crippen LogP contribution >= 0.6 is 11.3 Å². The highest BCUT2D eigenvalue weighted by Gasteiger charge is 2.18. The van der Waals surface area contributed by atoms with Crippen molar-refractivity contribution in [2.24, 2.45) is 0 Å². The Balaban J connectivity index is 2.27. The largest absolute Gasteiger partial charge is 0.461 e. The predicted molar refractivity (Wildman–Crippen MR) is 82.0 cm³/mol. The summed E-state index contributed by atoms with van der Waals surface area (Å²) in [6.45, 7) is 6.09. The fourth-order valence-electron chi connectivity index (χ4n) is 1.79. The van der Waals surface area contributed by atoms with E-state index < -0.39 is 0 Å². The number of hydrogen-bond acceptors (Lipinski definition) is 5. The molecule has 0 saturated carbocycles. The van der Waals surface area contributed by atoms with Crippen LogP contribution in [0.15, 0.2) is 24.3 Å². The molecule has 106 valence electrons. The maximum absolute atomic E-state index is 11.8. The van der Waals surface area contributed by atoms with Crippen LogP contribution in [-0.4, -0.2) is 24.6 Å². The first-order valence-electron chi connectivity index (χ1n) is 6.48. The molecule has 1 aromatic heterocycles. The zero-order valence-corrected chi connectivity index (χ0v) is 13.0. The van der Waals surface area contributed by atoms with E-state index in [1.165, 1.54) is 16.9 Å². The van der Waals surface area contributed by atoms with Crippen molar-refractivity contribution in [3.8, 4) is 0 Å². The lowest BCUT2D eigenvalue weighted by Crippen LogP contribution is -2.10. The first-order valence-corrected chi connectivity index (χ1v) is 7.29. The molecule has 0 saturated heterocycles. The first kappa shape index (κ1) is 14.5. The lowest BCUT2D eigenvalue weighted by atomic mass is 10.2. The molecule has 0 atom stereocenters. The van der Waals surface area contributed by atoms with Crippen LogP contribution in [0.2, 0.25) is 0 Å². The molecule has 0 amide bonds. The highest BCUT2D eigenvalue weighted by molar-refractivity contribution is 7.15. The van der Waals surface area contributed by atoms with Crippen LogP contribution in [0.4, 0.5) is 10.8 Å². The molecule has 1 heterocycles. The molecule has 0 bridgehead atoms. The van der Waals surface area contributed by atoms with E-state index in [1.807, 2.05) is 31.0 Å². The molecule has 0 aliphatic carbocycles. The van der Waals surface area contributed by atoms with Crippen molar-refractivity contribution in [2.45, 2.75) is 20.8 Å². The van der Waals surface area contributed by atoms with Crippen LogP contribution in [0.1, 0.15) is 27.9 Å². The number of carbonyl (C=O) groups is 1. The van der Waals surface area contributed by atoms with E-state index in [0.717, 1.165) is 15.7 Å². The van der Waals surface area contributed by atoms with E-state index in [2.05, 4.69) is 24.0 Å². The van der Waals surface area contributed by atoms with Crippen LogP contribution < -0.4 is 4.90 Å². The van der Waals surface area contributed by atoms with E-state index >= 15 is 0 Å². The van der Waals surface area contributed by atoms with Gasteiger partial charge >= 0.3 is 5.97 Å². The molecule has 0 fully saturated rings. The number of ether oxygens (including phenoxy) is 1. The van der Waals surface area contributed by atoms with Gasteiger partial charge in [-0.3, -0.25) is 0 Å². The number of benzene rings is 1. The number of nitrogens with zero attached hydrogens (tertiary/aromatic N) is 2. The average molecular weight is 290 g/mol. The second-order valence-corrected chi connectivity index (χ2v) is 5.70. The van der Waals surface area contributed by atoms with Crippen molar-refractivity contribution in [2.75, 3.05) is 18.6 Å². The Kier molecular flexibility index (Phi) is 4.39. The van der Waals surface area contributed by atoms with Gasteiger partial charge in [-0.25, -0.2) is 9.78 Å². The molecule has 0 aliphatic heterocycles. The summed E-state index contributed by atoms with van der Waals surface area (Å²) in [5.41, 5.74) is 2.66. The minimum atomic E-state index is -0.357. The van der Waals surface area contributed by atoms with Gasteiger partial charge in [0.2, 0.25) is 0 Å². The minimum Gasteiger partial charge on any atom is -0.461 e. The monoisotopic (exact) mass is 290 g/mol. The maximum Gasteiger partial charge on any atom is 0.358 e. The SMILES string of the molecule is CCOC(=O)c1nc(N(C)c2ccc(C)cc2)sc1C. The Bertz CT molecular complexity index is 605. The number of aryl methyl sites for hydroxylation is 2. The third-order valence-corrected chi connectivity index (χ3v) is 4.01. The third-order valence-electron chi connectivity index (χ3n) is 2.96. The van der Waals surface area contributed by atoms with Crippen LogP contribution in [0, 0.1) is 13.8 Å². The van der Waals surface area contributed by atoms with E-state index in [0.29, 0.717) is 12.3 Å². The third kappa shape index (κ3) is 2.99. The molecule has 0 aliphatic rings. The highest BCUT2D eigenvalue weighted by Crippen LogP contribution is 2.30. The Hall–Kier alpha value is -1.88. The second kappa shape index (κ2) is 6.05. The summed E-state index contributed by atoms with van der Waals surface area (Å²) in [6.07, 6.45) is 0. The van der Waals surface area contributed by atoms with Gasteiger partial charge < -0.3 is 9.64 Å². The normalized spacial score (nSPS) is 10.4. The van der Waals surface area contributed by atoms with Gasteiger partial charge in [0.1, 0.15) is 0 Å². The lowest BCUT2D eigenvalue weighted by molar-refractivity contribution is 0.0519. The van der Waals surface area contributed by atoms with E-state index in [-0.39, 0.29) is 5.97 Å². The molecule has 5 heteroatoms. The van der Waals surface area contributed by atoms with Gasteiger partial charge in [0.15, 0.2) is 10.8 Å². The average Bonchev–Trinajstić information content (AvgIpc) is 2.81. The van der Waals surface area contributed by atoms with Crippen LogP contribution in [0.5, 0.6) is 0 Å². The molecule has 1 aromatic carbocycles. The van der Waals surface area contributed by atoms with E-state index in [1.54, 1.807) is 6.92 Å². The molecule has 4 nitrogen and oxygen atoms in total. The van der Waals surface area contributed by atoms with Crippen LogP contribution in [-0.2, 0) is 4.74 Å². The Morgan fingerprint density at radius 3 is 2.55 bits per heavy atom. The number of anilines is 2. The lowest BCUT2D eigenvalue weighted by Gasteiger charge is -2.15. The standard InChI is InChI=1S/C15H18N2O2S/c1-5-19-14(18)13-11(3)20-15(16-13)17(4)12-8-6-10(2)7-9-12/h6-9H,5H2,1-4H3. The van der Waals surface area contributed by atoms with Gasteiger partial charge in [-0.2, -0.15) is 0 Å². The molecule has 0 spiro atoms. The summed E-state index contributed by atoms with van der Waals surface area (Å²) in [5.74, 6) is -0.357. The van der Waals surface area contributed by atoms with Gasteiger partial charge in [-0.05, 0) is 32.9 Å². The van der Waals surface area contributed by atoms with Gasteiger partial charge in [-0.1, -0.05) is 17.7 Å². The molecule has 2 aromatic rings. The zero-order valence-electron chi connectivity index (χ0n) is 12.1. The zero-order chi connectivity index (χ0) is 14.7. The second-order valence-electron chi connectivity index (χ2n) is 4.52. The van der Waals surface area contributed by atoms with Crippen molar-refractivity contribution in [1.82, 2.24) is 4.98 Å². The molecular weight excluding hydrogens is 272 g/mol. The molecule has 0 N–H and O–H groups in total. The molecule has 2 rings (SSSR count). The van der Waals surface area contributed by atoms with Crippen LogP contribution in [0.25, 0.3) is 0 Å². The summed E-state index contributed by atoms with van der Waals surface area (Å²) in [5, 5.41) is 0.786. The number of carbonyl (C=O) groups excluding carboxylic acids is 1. The predicted octanol–water partition coefficient (Wildman–Crippen LogP) is 3.70. The summed E-state index contributed by atoms with van der Waals surface area (Å²) in [7, 11) is 1.94. The maximum atomic E-state index is 11.8. The molecular formula is C15H18N2O2S. The van der Waals surface area contributed by atoms with Crippen molar-refractivity contribution in [3.05, 3.63) is 40.4 Å². The summed E-state index contributed by atoms with van der Waals surface area (Å²) >= 11 is 1.49. The number of esters is 1. The van der Waals surface area contributed by atoms with Gasteiger partial charge in [0.05, 0.1) is 6.61 Å². The minimum absolute atomic E-state index is 0.357. The number of hydrogen-bond donors (Lipinski definition) is 0. The van der Waals surface area contributed by atoms with Gasteiger partial charge in [-0.15, -0.1) is 11.3 Å². The Morgan fingerprint density at radius 1 is 1.30 bits per heavy atom. The molecule has 20 heavy (non-hydrogen) atoms. The van der Waals surface area contributed by atoms with E-state index in [9.17, 15) is 4.79 Å². The number of aromatic nitrogens is 1. The number of thiazole rings is 1. The number of rotatable bonds is 4. The first-order chi connectivity index (χ1) is 9.52. The van der Waals surface area contributed by atoms with Gasteiger partial charge in [0.25, 0.3) is 0 Å². The van der Waals surface area contributed by atoms with Crippen molar-refractivity contribution < 1.29 is 9.53 Å². The topological polar surface area (TPSA) is 42.4 Å². The van der Waals surface area contributed by atoms with Crippen molar-refractivity contribution in [1.29, 1.82) is 0 Å².